The molecule has 4 bridgehead atoms. The number of hydrogen-bond donors (Lipinski definition) is 0. The highest BCUT2D eigenvalue weighted by molar-refractivity contribution is 6.06. The minimum atomic E-state index is -0.542. The quantitative estimate of drug-likeness (QED) is 0.148. The first-order valence-electron chi connectivity index (χ1n) is 23.6. The van der Waals surface area contributed by atoms with E-state index in [2.05, 4.69) is 223 Å². The van der Waals surface area contributed by atoms with E-state index in [-0.39, 0.29) is 0 Å². The minimum absolute atomic E-state index is 0.337. The highest BCUT2D eigenvalue weighted by Crippen LogP contribution is 2.62. The number of nitrogens with zero attached hydrogens (tertiary/aromatic N) is 1. The molecule has 0 aromatic heterocycles. The Kier molecular flexibility index (Phi) is 8.70. The summed E-state index contributed by atoms with van der Waals surface area (Å²) in [4.78, 5) is 2.55. The van der Waals surface area contributed by atoms with E-state index in [1.807, 2.05) is 0 Å². The van der Waals surface area contributed by atoms with Crippen LogP contribution in [0.2, 0.25) is 0 Å². The highest BCUT2D eigenvalue weighted by atomic mass is 15.1. The lowest BCUT2D eigenvalue weighted by atomic mass is 9.48. The predicted octanol–water partition coefficient (Wildman–Crippen LogP) is 16.5. The maximum Gasteiger partial charge on any atom is 0.0733 e. The molecule has 64 heavy (non-hydrogen) atoms. The van der Waals surface area contributed by atoms with Gasteiger partial charge in [0.2, 0.25) is 0 Å². The molecule has 0 saturated heterocycles. The van der Waals surface area contributed by atoms with Gasteiger partial charge >= 0.3 is 0 Å². The molecule has 0 spiro atoms. The first-order chi connectivity index (χ1) is 31.7. The maximum atomic E-state index is 2.55. The average molecular weight is 822 g/mol. The van der Waals surface area contributed by atoms with Gasteiger partial charge in [-0.1, -0.05) is 188 Å². The maximum absolute atomic E-state index is 2.55. The van der Waals surface area contributed by atoms with Crippen molar-refractivity contribution in [2.24, 2.45) is 17.8 Å². The Morgan fingerprint density at radius 2 is 0.797 bits per heavy atom. The fraction of sp³-hybridized carbons (Fsp3) is 0.175. The summed E-state index contributed by atoms with van der Waals surface area (Å²) < 4.78 is 0. The zero-order valence-corrected chi connectivity index (χ0v) is 36.2. The number of rotatable bonds is 8. The fourth-order valence-corrected chi connectivity index (χ4v) is 13.8. The van der Waals surface area contributed by atoms with Gasteiger partial charge in [0.25, 0.3) is 0 Å². The zero-order chi connectivity index (χ0) is 42.2. The van der Waals surface area contributed by atoms with Crippen molar-refractivity contribution in [2.45, 2.75) is 49.4 Å². The van der Waals surface area contributed by atoms with Crippen LogP contribution in [0.15, 0.2) is 218 Å². The largest absolute Gasteiger partial charge is 0.310 e. The van der Waals surface area contributed by atoms with E-state index in [4.69, 9.17) is 0 Å². The van der Waals surface area contributed by atoms with Crippen molar-refractivity contribution >= 4 is 27.8 Å². The summed E-state index contributed by atoms with van der Waals surface area (Å²) in [5, 5.41) is 2.54. The van der Waals surface area contributed by atoms with Crippen LogP contribution in [0.3, 0.4) is 0 Å². The average Bonchev–Trinajstić information content (AvgIpc) is 3.65. The molecule has 1 heteroatoms. The van der Waals surface area contributed by atoms with Crippen molar-refractivity contribution in [1.82, 2.24) is 0 Å². The third-order valence-electron chi connectivity index (χ3n) is 15.9. The normalized spacial score (nSPS) is 21.1. The molecule has 9 aromatic carbocycles. The van der Waals surface area contributed by atoms with E-state index >= 15 is 0 Å². The van der Waals surface area contributed by atoms with Gasteiger partial charge in [-0.15, -0.1) is 0 Å². The van der Waals surface area contributed by atoms with E-state index in [0.29, 0.717) is 5.41 Å². The molecule has 308 valence electrons. The number of hydrogen-bond acceptors (Lipinski definition) is 1. The molecule has 4 fully saturated rings. The SMILES string of the molecule is c1ccc(-c2cccc3cccc(-c4ccc(N(c5ccc(C67CC8CC(CC(C8)C6)C7)cc5)c5ccccc5C5(c6ccccc6)c6ccccc6-c6ccccc65)cc4)c23)cc1. The van der Waals surface area contributed by atoms with Crippen molar-refractivity contribution in [3.05, 3.63) is 246 Å². The summed E-state index contributed by atoms with van der Waals surface area (Å²) in [6.45, 7) is 0. The summed E-state index contributed by atoms with van der Waals surface area (Å²) in [6, 6.07) is 82.3. The number of para-hydroxylation sites is 1. The van der Waals surface area contributed by atoms with Gasteiger partial charge in [-0.2, -0.15) is 0 Å². The van der Waals surface area contributed by atoms with E-state index in [0.717, 1.165) is 23.4 Å². The summed E-state index contributed by atoms with van der Waals surface area (Å²) >= 11 is 0. The lowest BCUT2D eigenvalue weighted by Gasteiger charge is -2.57. The van der Waals surface area contributed by atoms with Crippen LogP contribution >= 0.6 is 0 Å². The number of fused-ring (bicyclic) bond motifs is 4. The molecule has 5 aliphatic rings. The monoisotopic (exact) mass is 821 g/mol. The number of anilines is 3. The van der Waals surface area contributed by atoms with Gasteiger partial charge in [0.1, 0.15) is 0 Å². The van der Waals surface area contributed by atoms with Crippen molar-refractivity contribution in [3.8, 4) is 33.4 Å². The molecule has 0 amide bonds. The topological polar surface area (TPSA) is 3.24 Å². The second-order valence-corrected chi connectivity index (χ2v) is 19.4. The smallest absolute Gasteiger partial charge is 0.0733 e. The molecular weight excluding hydrogens is 771 g/mol. The van der Waals surface area contributed by atoms with Crippen LogP contribution in [0.4, 0.5) is 17.1 Å². The summed E-state index contributed by atoms with van der Waals surface area (Å²) in [7, 11) is 0. The van der Waals surface area contributed by atoms with Crippen LogP contribution in [0.5, 0.6) is 0 Å². The molecule has 0 aliphatic heterocycles. The molecule has 0 N–H and O–H groups in total. The molecule has 1 nitrogen and oxygen atoms in total. The van der Waals surface area contributed by atoms with Gasteiger partial charge in [-0.05, 0) is 164 Å². The lowest BCUT2D eigenvalue weighted by Crippen LogP contribution is -2.48. The van der Waals surface area contributed by atoms with Crippen LogP contribution in [-0.4, -0.2) is 0 Å². The summed E-state index contributed by atoms with van der Waals surface area (Å²) in [6.07, 6.45) is 8.47. The Hall–Kier alpha value is -6.96. The van der Waals surface area contributed by atoms with Gasteiger partial charge in [0.15, 0.2) is 0 Å². The Labute approximate surface area is 377 Å². The van der Waals surface area contributed by atoms with Crippen molar-refractivity contribution < 1.29 is 0 Å². The highest BCUT2D eigenvalue weighted by Gasteiger charge is 2.52. The van der Waals surface area contributed by atoms with E-state index in [1.165, 1.54) is 116 Å². The molecule has 0 heterocycles. The molecule has 9 aromatic rings. The third kappa shape index (κ3) is 5.76. The molecule has 14 rings (SSSR count). The second kappa shape index (κ2) is 14.8. The Balaban J connectivity index is 1.01. The molecule has 0 atom stereocenters. The molecule has 0 unspecified atom stereocenters. The standard InChI is InChI=1S/C63H51N/c1-3-15-46(16-4-1)53-23-13-17-48-18-14-24-54(61(48)53)47-29-33-51(34-30-47)64(52-35-31-49(32-36-52)62-40-43-37-44(41-62)39-45(38-43)42-62)60-28-12-11-27-59(60)63(50-19-5-2-6-20-50)57-25-9-7-21-55(57)56-22-8-10-26-58(56)63/h1-36,43-45H,37-42H2. The van der Waals surface area contributed by atoms with E-state index in [1.54, 1.807) is 5.56 Å². The van der Waals surface area contributed by atoms with Crippen LogP contribution < -0.4 is 4.90 Å². The lowest BCUT2D eigenvalue weighted by molar-refractivity contribution is -0.00518. The van der Waals surface area contributed by atoms with Gasteiger partial charge in [0.05, 0.1) is 11.1 Å². The van der Waals surface area contributed by atoms with Crippen molar-refractivity contribution in [2.75, 3.05) is 4.90 Å². The Bertz CT molecular complexity index is 3090. The first-order valence-corrected chi connectivity index (χ1v) is 23.6. The van der Waals surface area contributed by atoms with Gasteiger partial charge in [-0.3, -0.25) is 0 Å². The molecule has 0 radical (unpaired) electrons. The van der Waals surface area contributed by atoms with E-state index in [9.17, 15) is 0 Å². The van der Waals surface area contributed by atoms with E-state index < -0.39 is 5.41 Å². The Morgan fingerprint density at radius 3 is 1.38 bits per heavy atom. The van der Waals surface area contributed by atoms with Gasteiger partial charge in [0, 0.05) is 11.4 Å². The first kappa shape index (κ1) is 37.6. The number of benzene rings is 9. The van der Waals surface area contributed by atoms with Crippen LogP contribution in [-0.2, 0) is 10.8 Å². The van der Waals surface area contributed by atoms with Gasteiger partial charge in [-0.25, -0.2) is 0 Å². The summed E-state index contributed by atoms with van der Waals surface area (Å²) in [5.74, 6) is 2.72. The van der Waals surface area contributed by atoms with Crippen LogP contribution in [0.1, 0.15) is 66.3 Å². The van der Waals surface area contributed by atoms with Crippen molar-refractivity contribution in [1.29, 1.82) is 0 Å². The summed E-state index contributed by atoms with van der Waals surface area (Å²) in [5.41, 5.74) is 17.6. The molecule has 5 aliphatic carbocycles. The second-order valence-electron chi connectivity index (χ2n) is 19.4. The van der Waals surface area contributed by atoms with Gasteiger partial charge < -0.3 is 4.90 Å². The minimum Gasteiger partial charge on any atom is -0.310 e. The van der Waals surface area contributed by atoms with Crippen molar-refractivity contribution in [3.63, 3.8) is 0 Å². The third-order valence-corrected chi connectivity index (χ3v) is 15.9. The zero-order valence-electron chi connectivity index (χ0n) is 36.2. The van der Waals surface area contributed by atoms with Crippen LogP contribution in [0.25, 0.3) is 44.2 Å². The van der Waals surface area contributed by atoms with Crippen LogP contribution in [0, 0.1) is 17.8 Å². The fourth-order valence-electron chi connectivity index (χ4n) is 13.8. The molecule has 4 saturated carbocycles. The Morgan fingerprint density at radius 1 is 0.344 bits per heavy atom. The predicted molar refractivity (Wildman–Crippen MR) is 267 cm³/mol. The molecular formula is C63H51N.